The van der Waals surface area contributed by atoms with Gasteiger partial charge in [0.05, 0.1) is 17.8 Å². The lowest BCUT2D eigenvalue weighted by Gasteiger charge is -2.11. The third kappa shape index (κ3) is 4.48. The lowest BCUT2D eigenvalue weighted by molar-refractivity contribution is -0.122. The van der Waals surface area contributed by atoms with Crippen LogP contribution in [0, 0.1) is 0 Å². The van der Waals surface area contributed by atoms with Crippen molar-refractivity contribution >= 4 is 52.5 Å². The Morgan fingerprint density at radius 1 is 1.17 bits per heavy atom. The Morgan fingerprint density at radius 3 is 2.79 bits per heavy atom. The number of furan rings is 2. The van der Waals surface area contributed by atoms with Gasteiger partial charge in [0.15, 0.2) is 5.11 Å². The summed E-state index contributed by atoms with van der Waals surface area (Å²) >= 11 is 17.2. The molecule has 0 aliphatic carbocycles. The fourth-order valence-electron chi connectivity index (χ4n) is 2.71. The predicted molar refractivity (Wildman–Crippen MR) is 112 cm³/mol. The van der Waals surface area contributed by atoms with E-state index in [0.717, 1.165) is 0 Å². The van der Waals surface area contributed by atoms with Gasteiger partial charge in [-0.3, -0.25) is 9.69 Å². The van der Waals surface area contributed by atoms with Gasteiger partial charge in [0.25, 0.3) is 5.91 Å². The van der Waals surface area contributed by atoms with Crippen LogP contribution in [0.1, 0.15) is 17.3 Å². The number of carbonyl (C=O) groups excluding carboxylic acids is 1. The van der Waals surface area contributed by atoms with Crippen molar-refractivity contribution in [1.29, 1.82) is 0 Å². The Balaban J connectivity index is 1.42. The summed E-state index contributed by atoms with van der Waals surface area (Å²) in [5.74, 6) is 1.95. The molecule has 3 aromatic rings. The van der Waals surface area contributed by atoms with Crippen molar-refractivity contribution in [2.45, 2.75) is 13.2 Å². The van der Waals surface area contributed by atoms with Gasteiger partial charge in [-0.15, -0.1) is 0 Å². The predicted octanol–water partition coefficient (Wildman–Crippen LogP) is 5.02. The third-order valence-electron chi connectivity index (χ3n) is 4.09. The number of benzene rings is 1. The van der Waals surface area contributed by atoms with Gasteiger partial charge in [-0.25, -0.2) is 0 Å². The monoisotopic (exact) mass is 448 g/mol. The quantitative estimate of drug-likeness (QED) is 0.421. The first-order valence-corrected chi connectivity index (χ1v) is 9.69. The first kappa shape index (κ1) is 19.6. The largest absolute Gasteiger partial charge is 0.484 e. The second-order valence-electron chi connectivity index (χ2n) is 6.13. The molecular formula is C20H14Cl2N2O4S. The number of hydrogen-bond acceptors (Lipinski definition) is 5. The number of nitrogens with one attached hydrogen (secondary N) is 1. The molecule has 9 heteroatoms. The molecule has 1 aliphatic rings. The van der Waals surface area contributed by atoms with Crippen LogP contribution < -0.4 is 10.1 Å². The van der Waals surface area contributed by atoms with E-state index in [4.69, 9.17) is 49.0 Å². The van der Waals surface area contributed by atoms with Crippen molar-refractivity contribution < 1.29 is 18.4 Å². The fraction of sp³-hybridized carbons (Fsp3) is 0.100. The summed E-state index contributed by atoms with van der Waals surface area (Å²) in [4.78, 5) is 14.0. The number of carbonyl (C=O) groups is 1. The van der Waals surface area contributed by atoms with E-state index >= 15 is 0 Å². The summed E-state index contributed by atoms with van der Waals surface area (Å²) in [5, 5.41) is 4.15. The average molecular weight is 449 g/mol. The summed E-state index contributed by atoms with van der Waals surface area (Å²) in [6, 6.07) is 12.0. The number of rotatable bonds is 6. The third-order valence-corrected chi connectivity index (χ3v) is 4.94. The van der Waals surface area contributed by atoms with E-state index < -0.39 is 0 Å². The standard InChI is InChI=1S/C20H14Cl2N2O4S/c21-12-3-6-18(16(22)8-12)27-11-15-5-4-13(28-15)9-17-19(25)24(20(29)23-17)10-14-2-1-7-26-14/h1-9H,10-11H2,(H,23,29)/b17-9+. The Kier molecular flexibility index (Phi) is 5.62. The molecule has 0 saturated carbocycles. The van der Waals surface area contributed by atoms with Gasteiger partial charge < -0.3 is 18.9 Å². The molecule has 3 heterocycles. The van der Waals surface area contributed by atoms with Gasteiger partial charge in [-0.05, 0) is 54.7 Å². The number of thiocarbonyl (C=S) groups is 1. The zero-order valence-electron chi connectivity index (χ0n) is 14.9. The lowest BCUT2D eigenvalue weighted by Crippen LogP contribution is -2.29. The van der Waals surface area contributed by atoms with Crippen LogP contribution in [0.25, 0.3) is 6.08 Å². The molecule has 148 valence electrons. The molecule has 1 N–H and O–H groups in total. The summed E-state index contributed by atoms with van der Waals surface area (Å²) < 4.78 is 16.6. The van der Waals surface area contributed by atoms with Crippen LogP contribution >= 0.6 is 35.4 Å². The lowest BCUT2D eigenvalue weighted by atomic mass is 10.3. The molecule has 0 bridgehead atoms. The minimum atomic E-state index is -0.256. The van der Waals surface area contributed by atoms with Gasteiger partial charge in [0.2, 0.25) is 0 Å². The van der Waals surface area contributed by atoms with Crippen LogP contribution in [-0.4, -0.2) is 15.9 Å². The van der Waals surface area contributed by atoms with Crippen LogP contribution in [0.4, 0.5) is 0 Å². The van der Waals surface area contributed by atoms with E-state index in [1.807, 2.05) is 0 Å². The first-order valence-electron chi connectivity index (χ1n) is 8.53. The molecule has 29 heavy (non-hydrogen) atoms. The molecule has 4 rings (SSSR count). The molecule has 0 unspecified atom stereocenters. The van der Waals surface area contributed by atoms with E-state index in [9.17, 15) is 4.79 Å². The first-order chi connectivity index (χ1) is 14.0. The van der Waals surface area contributed by atoms with Crippen LogP contribution in [0.5, 0.6) is 5.75 Å². The van der Waals surface area contributed by atoms with E-state index in [-0.39, 0.29) is 19.1 Å². The Bertz CT molecular complexity index is 1090. The Labute approximate surface area is 181 Å². The van der Waals surface area contributed by atoms with Gasteiger partial charge in [-0.1, -0.05) is 23.2 Å². The highest BCUT2D eigenvalue weighted by molar-refractivity contribution is 7.80. The number of hydrogen-bond donors (Lipinski definition) is 1. The second kappa shape index (κ2) is 8.32. The number of amides is 1. The van der Waals surface area contributed by atoms with Gasteiger partial charge in [0.1, 0.15) is 35.3 Å². The molecular weight excluding hydrogens is 435 g/mol. The molecule has 1 saturated heterocycles. The van der Waals surface area contributed by atoms with E-state index in [1.54, 1.807) is 54.8 Å². The normalized spacial score (nSPS) is 15.2. The maximum atomic E-state index is 12.6. The van der Waals surface area contributed by atoms with Crippen LogP contribution in [-0.2, 0) is 17.9 Å². The highest BCUT2D eigenvalue weighted by Gasteiger charge is 2.31. The summed E-state index contributed by atoms with van der Waals surface area (Å²) in [6.07, 6.45) is 3.14. The maximum Gasteiger partial charge on any atom is 0.277 e. The average Bonchev–Trinajstić information content (AvgIpc) is 3.40. The molecule has 0 spiro atoms. The van der Waals surface area contributed by atoms with Gasteiger partial charge >= 0.3 is 0 Å². The van der Waals surface area contributed by atoms with Gasteiger partial charge in [-0.2, -0.15) is 0 Å². The van der Waals surface area contributed by atoms with E-state index in [1.165, 1.54) is 4.90 Å². The zero-order chi connectivity index (χ0) is 20.4. The summed E-state index contributed by atoms with van der Waals surface area (Å²) in [5.41, 5.74) is 0.323. The van der Waals surface area contributed by atoms with Crippen molar-refractivity contribution in [3.8, 4) is 5.75 Å². The van der Waals surface area contributed by atoms with Crippen molar-refractivity contribution in [1.82, 2.24) is 10.2 Å². The Hall–Kier alpha value is -2.74. The Morgan fingerprint density at radius 2 is 2.03 bits per heavy atom. The van der Waals surface area contributed by atoms with Crippen LogP contribution in [0.3, 0.4) is 0 Å². The smallest absolute Gasteiger partial charge is 0.277 e. The molecule has 2 aromatic heterocycles. The minimum absolute atomic E-state index is 0.176. The van der Waals surface area contributed by atoms with Crippen molar-refractivity contribution in [3.63, 3.8) is 0 Å². The summed E-state index contributed by atoms with van der Waals surface area (Å²) in [7, 11) is 0. The molecule has 1 aromatic carbocycles. The molecule has 6 nitrogen and oxygen atoms in total. The molecule has 1 aliphatic heterocycles. The van der Waals surface area contributed by atoms with Crippen molar-refractivity contribution in [2.24, 2.45) is 0 Å². The fourth-order valence-corrected chi connectivity index (χ4v) is 3.43. The number of ether oxygens (including phenoxy) is 1. The topological polar surface area (TPSA) is 67.8 Å². The van der Waals surface area contributed by atoms with Gasteiger partial charge in [0, 0.05) is 11.1 Å². The van der Waals surface area contributed by atoms with Crippen molar-refractivity contribution in [3.05, 3.63) is 81.8 Å². The van der Waals surface area contributed by atoms with Crippen molar-refractivity contribution in [2.75, 3.05) is 0 Å². The summed E-state index contributed by atoms with van der Waals surface area (Å²) in [6.45, 7) is 0.434. The highest BCUT2D eigenvalue weighted by atomic mass is 35.5. The second-order valence-corrected chi connectivity index (χ2v) is 7.36. The SMILES string of the molecule is O=C1/C(=C\c2ccc(COc3ccc(Cl)cc3Cl)o2)NC(=S)N1Cc1ccco1. The van der Waals surface area contributed by atoms with Crippen LogP contribution in [0.15, 0.2) is 63.3 Å². The molecule has 0 radical (unpaired) electrons. The van der Waals surface area contributed by atoms with E-state index in [0.29, 0.717) is 43.9 Å². The molecule has 1 amide bonds. The minimum Gasteiger partial charge on any atom is -0.484 e. The van der Waals surface area contributed by atoms with E-state index in [2.05, 4.69) is 5.32 Å². The highest BCUT2D eigenvalue weighted by Crippen LogP contribution is 2.28. The number of nitrogens with zero attached hydrogens (tertiary/aromatic N) is 1. The zero-order valence-corrected chi connectivity index (χ0v) is 17.2. The number of halogens is 2. The molecule has 0 atom stereocenters. The molecule has 1 fully saturated rings. The van der Waals surface area contributed by atoms with Crippen LogP contribution in [0.2, 0.25) is 10.0 Å². The maximum absolute atomic E-state index is 12.6.